The van der Waals surface area contributed by atoms with E-state index >= 15 is 0 Å². The van der Waals surface area contributed by atoms with Crippen molar-refractivity contribution in [3.05, 3.63) is 18.2 Å². The molecule has 0 heterocycles. The van der Waals surface area contributed by atoms with Gasteiger partial charge in [0.1, 0.15) is 0 Å². The average Bonchev–Trinajstić information content (AvgIpc) is 2.25. The molecule has 0 bridgehead atoms. The van der Waals surface area contributed by atoms with Crippen molar-refractivity contribution in [3.63, 3.8) is 0 Å². The van der Waals surface area contributed by atoms with Crippen LogP contribution in [0.2, 0.25) is 0 Å². The van der Waals surface area contributed by atoms with Gasteiger partial charge < -0.3 is 14.6 Å². The third-order valence-corrected chi connectivity index (χ3v) is 2.69. The van der Waals surface area contributed by atoms with E-state index in [9.17, 15) is 0 Å². The number of hydrogen-bond acceptors (Lipinski definition) is 4. The van der Waals surface area contributed by atoms with Crippen LogP contribution in [0.5, 0.6) is 11.5 Å². The number of thioether (sulfide) groups is 1. The van der Waals surface area contributed by atoms with Crippen LogP contribution in [0.25, 0.3) is 0 Å². The lowest BCUT2D eigenvalue weighted by Gasteiger charge is -2.08. The molecule has 0 saturated carbocycles. The van der Waals surface area contributed by atoms with Gasteiger partial charge >= 0.3 is 0 Å². The van der Waals surface area contributed by atoms with E-state index < -0.39 is 0 Å². The summed E-state index contributed by atoms with van der Waals surface area (Å²) in [4.78, 5) is 1.07. The Kier molecular flexibility index (Phi) is 4.62. The number of aliphatic hydroxyl groups excluding tert-OH is 1. The van der Waals surface area contributed by atoms with Gasteiger partial charge in [-0.05, 0) is 18.2 Å². The first-order valence-corrected chi connectivity index (χ1v) is 5.26. The molecule has 78 valence electrons. The predicted octanol–water partition coefficient (Wildman–Crippen LogP) is 1.79. The molecule has 1 rings (SSSR count). The highest BCUT2D eigenvalue weighted by Gasteiger charge is 2.04. The molecule has 1 aromatic carbocycles. The average molecular weight is 214 g/mol. The minimum Gasteiger partial charge on any atom is -0.493 e. The number of hydrogen-bond donors (Lipinski definition) is 1. The maximum Gasteiger partial charge on any atom is 0.161 e. The van der Waals surface area contributed by atoms with Crippen LogP contribution in [0, 0.1) is 0 Å². The fourth-order valence-corrected chi connectivity index (χ4v) is 1.75. The second-order valence-electron chi connectivity index (χ2n) is 2.59. The quantitative estimate of drug-likeness (QED) is 0.758. The summed E-state index contributed by atoms with van der Waals surface area (Å²) < 4.78 is 10.3. The van der Waals surface area contributed by atoms with Crippen LogP contribution in [0.4, 0.5) is 0 Å². The van der Waals surface area contributed by atoms with Crippen LogP contribution in [-0.4, -0.2) is 31.7 Å². The van der Waals surface area contributed by atoms with Gasteiger partial charge in [0.15, 0.2) is 11.5 Å². The van der Waals surface area contributed by atoms with E-state index in [-0.39, 0.29) is 6.61 Å². The zero-order chi connectivity index (χ0) is 10.4. The number of rotatable bonds is 5. The third kappa shape index (κ3) is 2.82. The van der Waals surface area contributed by atoms with E-state index in [0.29, 0.717) is 5.75 Å². The van der Waals surface area contributed by atoms with Gasteiger partial charge in [0.05, 0.1) is 20.8 Å². The van der Waals surface area contributed by atoms with Gasteiger partial charge in [-0.15, -0.1) is 11.8 Å². The molecule has 0 amide bonds. The first-order chi connectivity index (χ1) is 6.81. The summed E-state index contributed by atoms with van der Waals surface area (Å²) in [7, 11) is 3.22. The fraction of sp³-hybridized carbons (Fsp3) is 0.400. The number of methoxy groups -OCH3 is 2. The Morgan fingerprint density at radius 1 is 1.21 bits per heavy atom. The molecule has 0 aromatic heterocycles. The topological polar surface area (TPSA) is 38.7 Å². The highest BCUT2D eigenvalue weighted by Crippen LogP contribution is 2.31. The summed E-state index contributed by atoms with van der Waals surface area (Å²) in [6.45, 7) is 0.180. The second-order valence-corrected chi connectivity index (χ2v) is 3.76. The Labute approximate surface area is 88.0 Å². The molecular formula is C10H14O3S. The Morgan fingerprint density at radius 3 is 2.50 bits per heavy atom. The van der Waals surface area contributed by atoms with Gasteiger partial charge in [0.2, 0.25) is 0 Å². The molecular weight excluding hydrogens is 200 g/mol. The molecule has 4 heteroatoms. The Bertz CT molecular complexity index is 289. The Balaban J connectivity index is 2.79. The lowest BCUT2D eigenvalue weighted by Crippen LogP contribution is -1.91. The number of ether oxygens (including phenoxy) is 2. The van der Waals surface area contributed by atoms with Gasteiger partial charge in [-0.3, -0.25) is 0 Å². The smallest absolute Gasteiger partial charge is 0.161 e. The highest BCUT2D eigenvalue weighted by molar-refractivity contribution is 7.99. The highest BCUT2D eigenvalue weighted by atomic mass is 32.2. The van der Waals surface area contributed by atoms with Crippen molar-refractivity contribution in [2.75, 3.05) is 26.6 Å². The standard InChI is InChI=1S/C10H14O3S/c1-12-9-4-3-8(14-6-5-11)7-10(9)13-2/h3-4,7,11H,5-6H2,1-2H3. The van der Waals surface area contributed by atoms with E-state index in [4.69, 9.17) is 14.6 Å². The lowest BCUT2D eigenvalue weighted by molar-refractivity contribution is 0.322. The molecule has 0 atom stereocenters. The normalized spacial score (nSPS) is 9.93. The molecule has 0 fully saturated rings. The van der Waals surface area contributed by atoms with E-state index in [1.165, 1.54) is 0 Å². The summed E-state index contributed by atoms with van der Waals surface area (Å²) in [5.74, 6) is 2.13. The maximum absolute atomic E-state index is 8.68. The largest absolute Gasteiger partial charge is 0.493 e. The third-order valence-electron chi connectivity index (χ3n) is 1.72. The van der Waals surface area contributed by atoms with Crippen LogP contribution < -0.4 is 9.47 Å². The van der Waals surface area contributed by atoms with E-state index in [1.54, 1.807) is 26.0 Å². The monoisotopic (exact) mass is 214 g/mol. The summed E-state index contributed by atoms with van der Waals surface area (Å²) in [6.07, 6.45) is 0. The first kappa shape index (κ1) is 11.2. The van der Waals surface area contributed by atoms with Crippen LogP contribution in [0.15, 0.2) is 23.1 Å². The minimum atomic E-state index is 0.180. The molecule has 14 heavy (non-hydrogen) atoms. The van der Waals surface area contributed by atoms with Crippen molar-refractivity contribution < 1.29 is 14.6 Å². The summed E-state index contributed by atoms with van der Waals surface area (Å²) >= 11 is 1.58. The van der Waals surface area contributed by atoms with Crippen molar-refractivity contribution in [3.8, 4) is 11.5 Å². The van der Waals surface area contributed by atoms with Crippen LogP contribution >= 0.6 is 11.8 Å². The number of benzene rings is 1. The molecule has 0 aliphatic carbocycles. The van der Waals surface area contributed by atoms with Crippen LogP contribution in [0.3, 0.4) is 0 Å². The summed E-state index contributed by atoms with van der Waals surface area (Å²) in [5.41, 5.74) is 0. The zero-order valence-corrected chi connectivity index (χ0v) is 9.13. The van der Waals surface area contributed by atoms with Gasteiger partial charge in [-0.25, -0.2) is 0 Å². The molecule has 1 aromatic rings. The van der Waals surface area contributed by atoms with Gasteiger partial charge in [0, 0.05) is 10.6 Å². The molecule has 3 nitrogen and oxygen atoms in total. The molecule has 0 unspecified atom stereocenters. The zero-order valence-electron chi connectivity index (χ0n) is 8.32. The molecule has 1 N–H and O–H groups in total. The van der Waals surface area contributed by atoms with Crippen molar-refractivity contribution >= 4 is 11.8 Å². The van der Waals surface area contributed by atoms with E-state index in [2.05, 4.69) is 0 Å². The van der Waals surface area contributed by atoms with Crippen molar-refractivity contribution in [2.45, 2.75) is 4.90 Å². The molecule has 0 spiro atoms. The van der Waals surface area contributed by atoms with Crippen LogP contribution in [-0.2, 0) is 0 Å². The maximum atomic E-state index is 8.68. The van der Waals surface area contributed by atoms with Gasteiger partial charge in [-0.1, -0.05) is 0 Å². The van der Waals surface area contributed by atoms with Gasteiger partial charge in [0.25, 0.3) is 0 Å². The summed E-state index contributed by atoms with van der Waals surface area (Å²) in [6, 6.07) is 5.71. The molecule has 0 aliphatic heterocycles. The Morgan fingerprint density at radius 2 is 1.93 bits per heavy atom. The number of aliphatic hydroxyl groups is 1. The van der Waals surface area contributed by atoms with E-state index in [1.807, 2.05) is 18.2 Å². The molecule has 0 radical (unpaired) electrons. The Hall–Kier alpha value is -0.870. The molecule has 0 saturated heterocycles. The SMILES string of the molecule is COc1ccc(SCCO)cc1OC. The van der Waals surface area contributed by atoms with E-state index in [0.717, 1.165) is 16.4 Å². The minimum absolute atomic E-state index is 0.180. The van der Waals surface area contributed by atoms with Crippen molar-refractivity contribution in [1.29, 1.82) is 0 Å². The summed E-state index contributed by atoms with van der Waals surface area (Å²) in [5, 5.41) is 8.68. The fourth-order valence-electron chi connectivity index (χ4n) is 1.07. The van der Waals surface area contributed by atoms with Gasteiger partial charge in [-0.2, -0.15) is 0 Å². The van der Waals surface area contributed by atoms with Crippen molar-refractivity contribution in [1.82, 2.24) is 0 Å². The second kappa shape index (κ2) is 5.78. The first-order valence-electron chi connectivity index (χ1n) is 4.27. The lowest BCUT2D eigenvalue weighted by atomic mass is 10.3. The predicted molar refractivity (Wildman–Crippen MR) is 57.4 cm³/mol. The van der Waals surface area contributed by atoms with Crippen molar-refractivity contribution in [2.24, 2.45) is 0 Å². The molecule has 0 aliphatic rings. The van der Waals surface area contributed by atoms with Crippen LogP contribution in [0.1, 0.15) is 0 Å².